The van der Waals surface area contributed by atoms with Crippen molar-refractivity contribution < 1.29 is 23.4 Å². The first-order chi connectivity index (χ1) is 13.4. The number of aromatic hydroxyl groups is 1. The van der Waals surface area contributed by atoms with Crippen LogP contribution in [0.5, 0.6) is 11.5 Å². The molecule has 0 spiro atoms. The van der Waals surface area contributed by atoms with E-state index in [0.29, 0.717) is 26.2 Å². The Morgan fingerprint density at radius 3 is 2.32 bits per heavy atom. The zero-order valence-corrected chi connectivity index (χ0v) is 15.5. The highest BCUT2D eigenvalue weighted by atomic mass is 19.3. The highest BCUT2D eigenvalue weighted by Gasteiger charge is 2.23. The molecule has 0 radical (unpaired) electrons. The molecule has 28 heavy (non-hydrogen) atoms. The van der Waals surface area contributed by atoms with Gasteiger partial charge in [0.15, 0.2) is 0 Å². The van der Waals surface area contributed by atoms with Gasteiger partial charge in [-0.1, -0.05) is 24.3 Å². The summed E-state index contributed by atoms with van der Waals surface area (Å²) in [6, 6.07) is 12.9. The number of ether oxygens (including phenoxy) is 1. The fourth-order valence-electron chi connectivity index (χ4n) is 3.18. The summed E-state index contributed by atoms with van der Waals surface area (Å²) < 4.78 is 28.8. The normalized spacial score (nSPS) is 15.4. The van der Waals surface area contributed by atoms with Crippen LogP contribution < -0.4 is 15.0 Å². The van der Waals surface area contributed by atoms with Gasteiger partial charge in [-0.25, -0.2) is 4.79 Å². The second-order valence-corrected chi connectivity index (χ2v) is 6.58. The van der Waals surface area contributed by atoms with Gasteiger partial charge in [-0.05, 0) is 36.8 Å². The Bertz CT molecular complexity index is 794. The molecule has 1 heterocycles. The number of para-hydroxylation sites is 2. The number of piperazine rings is 1. The van der Waals surface area contributed by atoms with Crippen LogP contribution in [0, 0.1) is 0 Å². The summed E-state index contributed by atoms with van der Waals surface area (Å²) in [7, 11) is 0. The molecule has 2 aromatic rings. The number of halogens is 2. The Morgan fingerprint density at radius 1 is 1.07 bits per heavy atom. The van der Waals surface area contributed by atoms with Gasteiger partial charge in [0.25, 0.3) is 0 Å². The van der Waals surface area contributed by atoms with E-state index in [1.54, 1.807) is 29.2 Å². The molecule has 150 valence electrons. The van der Waals surface area contributed by atoms with Gasteiger partial charge in [0.05, 0.1) is 11.7 Å². The zero-order chi connectivity index (χ0) is 20.1. The Morgan fingerprint density at radius 2 is 1.71 bits per heavy atom. The molecule has 1 aliphatic rings. The molecule has 6 nitrogen and oxygen atoms in total. The Hall–Kier alpha value is -3.03. The van der Waals surface area contributed by atoms with Gasteiger partial charge in [0, 0.05) is 26.2 Å². The predicted octanol–water partition coefficient (Wildman–Crippen LogP) is 3.59. The molecule has 1 fully saturated rings. The molecule has 2 amide bonds. The largest absolute Gasteiger partial charge is 0.506 e. The van der Waals surface area contributed by atoms with E-state index in [4.69, 9.17) is 0 Å². The molecule has 0 bridgehead atoms. The standard InChI is InChI=1S/C20H23F2N3O3/c1-14(15-6-8-16(9-7-15)28-19(21)22)23-20(27)25-12-10-24(11-13-25)17-4-2-3-5-18(17)26/h2-9,14,19,26H,10-13H2,1H3,(H,23,27). The van der Waals surface area contributed by atoms with Crippen molar-refractivity contribution in [2.45, 2.75) is 19.6 Å². The number of nitrogens with one attached hydrogen (secondary N) is 1. The zero-order valence-electron chi connectivity index (χ0n) is 15.5. The summed E-state index contributed by atoms with van der Waals surface area (Å²) >= 11 is 0. The number of nitrogens with zero attached hydrogens (tertiary/aromatic N) is 2. The summed E-state index contributed by atoms with van der Waals surface area (Å²) in [5, 5.41) is 12.9. The number of hydrogen-bond acceptors (Lipinski definition) is 4. The molecule has 2 aromatic carbocycles. The van der Waals surface area contributed by atoms with Gasteiger partial charge in [-0.3, -0.25) is 0 Å². The molecule has 0 aliphatic carbocycles. The molecule has 8 heteroatoms. The van der Waals surface area contributed by atoms with E-state index in [9.17, 15) is 18.7 Å². The molecule has 0 aromatic heterocycles. The third kappa shape index (κ3) is 4.82. The lowest BCUT2D eigenvalue weighted by atomic mass is 10.1. The maximum Gasteiger partial charge on any atom is 0.387 e. The van der Waals surface area contributed by atoms with Crippen LogP contribution in [0.15, 0.2) is 48.5 Å². The second-order valence-electron chi connectivity index (χ2n) is 6.58. The highest BCUT2D eigenvalue weighted by Crippen LogP contribution is 2.27. The minimum absolute atomic E-state index is 0.0811. The van der Waals surface area contributed by atoms with Crippen LogP contribution in [-0.4, -0.2) is 48.8 Å². The highest BCUT2D eigenvalue weighted by molar-refractivity contribution is 5.75. The summed E-state index contributed by atoms with van der Waals surface area (Å²) in [4.78, 5) is 16.3. The van der Waals surface area contributed by atoms with Gasteiger partial charge in [-0.2, -0.15) is 8.78 Å². The number of phenols is 1. The van der Waals surface area contributed by atoms with E-state index in [-0.39, 0.29) is 23.6 Å². The lowest BCUT2D eigenvalue weighted by Crippen LogP contribution is -2.52. The lowest BCUT2D eigenvalue weighted by Gasteiger charge is -2.36. The van der Waals surface area contributed by atoms with Crippen molar-refractivity contribution >= 4 is 11.7 Å². The van der Waals surface area contributed by atoms with E-state index in [1.807, 2.05) is 24.0 Å². The van der Waals surface area contributed by atoms with Crippen molar-refractivity contribution in [3.05, 3.63) is 54.1 Å². The molecular formula is C20H23F2N3O3. The van der Waals surface area contributed by atoms with Gasteiger partial charge >= 0.3 is 12.6 Å². The SMILES string of the molecule is CC(NC(=O)N1CCN(c2ccccc2O)CC1)c1ccc(OC(F)F)cc1. The van der Waals surface area contributed by atoms with Crippen molar-refractivity contribution in [3.63, 3.8) is 0 Å². The summed E-state index contributed by atoms with van der Waals surface area (Å²) in [6.45, 7) is 1.29. The van der Waals surface area contributed by atoms with E-state index < -0.39 is 6.61 Å². The summed E-state index contributed by atoms with van der Waals surface area (Å²) in [6.07, 6.45) is 0. The molecule has 1 unspecified atom stereocenters. The number of hydrogen-bond donors (Lipinski definition) is 2. The van der Waals surface area contributed by atoms with E-state index in [2.05, 4.69) is 10.1 Å². The molecule has 1 atom stereocenters. The van der Waals surface area contributed by atoms with Gasteiger partial charge < -0.3 is 25.0 Å². The molecule has 2 N–H and O–H groups in total. The number of carbonyl (C=O) groups is 1. The van der Waals surface area contributed by atoms with Crippen molar-refractivity contribution in [1.29, 1.82) is 0 Å². The quantitative estimate of drug-likeness (QED) is 0.818. The number of anilines is 1. The number of rotatable bonds is 5. The maximum atomic E-state index is 12.5. The van der Waals surface area contributed by atoms with Crippen LogP contribution >= 0.6 is 0 Å². The maximum absolute atomic E-state index is 12.5. The molecular weight excluding hydrogens is 368 g/mol. The summed E-state index contributed by atoms with van der Waals surface area (Å²) in [5.41, 5.74) is 1.56. The first-order valence-electron chi connectivity index (χ1n) is 9.07. The van der Waals surface area contributed by atoms with Gasteiger partial charge in [-0.15, -0.1) is 0 Å². The van der Waals surface area contributed by atoms with E-state index >= 15 is 0 Å². The third-order valence-electron chi connectivity index (χ3n) is 4.73. The van der Waals surface area contributed by atoms with Crippen LogP contribution in [0.2, 0.25) is 0 Å². The molecule has 1 saturated heterocycles. The van der Waals surface area contributed by atoms with Crippen molar-refractivity contribution in [2.24, 2.45) is 0 Å². The van der Waals surface area contributed by atoms with Gasteiger partial charge in [0.2, 0.25) is 0 Å². The average molecular weight is 391 g/mol. The smallest absolute Gasteiger partial charge is 0.387 e. The van der Waals surface area contributed by atoms with Crippen molar-refractivity contribution in [2.75, 3.05) is 31.1 Å². The predicted molar refractivity (Wildman–Crippen MR) is 102 cm³/mol. The van der Waals surface area contributed by atoms with E-state index in [0.717, 1.165) is 11.3 Å². The van der Waals surface area contributed by atoms with Crippen LogP contribution in [0.25, 0.3) is 0 Å². The van der Waals surface area contributed by atoms with Crippen molar-refractivity contribution in [3.8, 4) is 11.5 Å². The fraction of sp³-hybridized carbons (Fsp3) is 0.350. The Labute approximate surface area is 162 Å². The van der Waals surface area contributed by atoms with Crippen molar-refractivity contribution in [1.82, 2.24) is 10.2 Å². The first-order valence-corrected chi connectivity index (χ1v) is 9.07. The summed E-state index contributed by atoms with van der Waals surface area (Å²) in [5.74, 6) is 0.311. The average Bonchev–Trinajstić information content (AvgIpc) is 2.68. The number of urea groups is 1. The van der Waals surface area contributed by atoms with Crippen LogP contribution in [0.4, 0.5) is 19.3 Å². The number of benzene rings is 2. The number of carbonyl (C=O) groups excluding carboxylic acids is 1. The first kappa shape index (κ1) is 19.7. The lowest BCUT2D eigenvalue weighted by molar-refractivity contribution is -0.0498. The minimum atomic E-state index is -2.86. The molecule has 0 saturated carbocycles. The second kappa shape index (κ2) is 8.77. The molecule has 1 aliphatic heterocycles. The minimum Gasteiger partial charge on any atom is -0.506 e. The Balaban J connectivity index is 1.52. The number of amides is 2. The van der Waals surface area contributed by atoms with Crippen LogP contribution in [0.3, 0.4) is 0 Å². The van der Waals surface area contributed by atoms with Gasteiger partial charge in [0.1, 0.15) is 11.5 Å². The van der Waals surface area contributed by atoms with E-state index in [1.165, 1.54) is 12.1 Å². The molecule has 3 rings (SSSR count). The third-order valence-corrected chi connectivity index (χ3v) is 4.73. The number of phenolic OH excluding ortho intramolecular Hbond substituents is 1. The topological polar surface area (TPSA) is 65.0 Å². The monoisotopic (exact) mass is 391 g/mol. The fourth-order valence-corrected chi connectivity index (χ4v) is 3.18. The van der Waals surface area contributed by atoms with Crippen LogP contribution in [-0.2, 0) is 0 Å². The number of alkyl halides is 2. The Kier molecular flexibility index (Phi) is 6.18. The van der Waals surface area contributed by atoms with Crippen LogP contribution in [0.1, 0.15) is 18.5 Å².